The highest BCUT2D eigenvalue weighted by atomic mass is 16.5. The molecule has 0 aliphatic carbocycles. The summed E-state index contributed by atoms with van der Waals surface area (Å²) in [4.78, 5) is 20.7. The second-order valence-corrected chi connectivity index (χ2v) is 4.47. The summed E-state index contributed by atoms with van der Waals surface area (Å²) < 4.78 is 5.39. The van der Waals surface area contributed by atoms with Crippen molar-refractivity contribution in [3.05, 3.63) is 0 Å². The molecule has 98 valence electrons. The van der Waals surface area contributed by atoms with Gasteiger partial charge in [-0.2, -0.15) is 0 Å². The van der Waals surface area contributed by atoms with Gasteiger partial charge in [-0.15, -0.1) is 0 Å². The zero-order chi connectivity index (χ0) is 12.8. The fraction of sp³-hybridized carbons (Fsp3) is 0.818. The van der Waals surface area contributed by atoms with E-state index in [-0.39, 0.29) is 0 Å². The van der Waals surface area contributed by atoms with E-state index in [9.17, 15) is 0 Å². The molecule has 2 aliphatic heterocycles. The van der Waals surface area contributed by atoms with Crippen LogP contribution in [0.5, 0.6) is 0 Å². The summed E-state index contributed by atoms with van der Waals surface area (Å²) in [6.07, 6.45) is 4.65. The first-order valence-electron chi connectivity index (χ1n) is 5.74. The summed E-state index contributed by atoms with van der Waals surface area (Å²) in [5, 5.41) is 14.8. The van der Waals surface area contributed by atoms with Crippen molar-refractivity contribution in [3.8, 4) is 0 Å². The van der Waals surface area contributed by atoms with E-state index < -0.39 is 11.9 Å². The molecule has 2 saturated heterocycles. The largest absolute Gasteiger partial charge is 0.473 e. The Morgan fingerprint density at radius 2 is 1.88 bits per heavy atom. The highest BCUT2D eigenvalue weighted by molar-refractivity contribution is 6.27. The number of nitrogens with zero attached hydrogens (tertiary/aromatic N) is 1. The number of carboxylic acids is 2. The first-order chi connectivity index (χ1) is 8.02. The second-order valence-electron chi connectivity index (χ2n) is 4.47. The molecule has 2 heterocycles. The molecule has 6 nitrogen and oxygen atoms in total. The Morgan fingerprint density at radius 3 is 2.35 bits per heavy atom. The molecule has 3 atom stereocenters. The lowest BCUT2D eigenvalue weighted by Crippen LogP contribution is -2.47. The van der Waals surface area contributed by atoms with Crippen molar-refractivity contribution in [1.82, 2.24) is 4.90 Å². The molecule has 0 aromatic heterocycles. The Kier molecular flexibility index (Phi) is 5.37. The van der Waals surface area contributed by atoms with E-state index in [1.807, 2.05) is 7.11 Å². The molecule has 6 heteroatoms. The summed E-state index contributed by atoms with van der Waals surface area (Å²) in [5.41, 5.74) is 0. The third kappa shape index (κ3) is 4.70. The van der Waals surface area contributed by atoms with Crippen molar-refractivity contribution in [3.63, 3.8) is 0 Å². The smallest absolute Gasteiger partial charge is 0.414 e. The van der Waals surface area contributed by atoms with E-state index in [2.05, 4.69) is 4.90 Å². The van der Waals surface area contributed by atoms with Gasteiger partial charge in [0.1, 0.15) is 0 Å². The van der Waals surface area contributed by atoms with Crippen molar-refractivity contribution < 1.29 is 24.5 Å². The zero-order valence-electron chi connectivity index (χ0n) is 9.96. The van der Waals surface area contributed by atoms with Gasteiger partial charge in [0, 0.05) is 20.2 Å². The molecule has 0 aromatic rings. The van der Waals surface area contributed by atoms with Gasteiger partial charge in [-0.1, -0.05) is 0 Å². The van der Waals surface area contributed by atoms with Crippen LogP contribution in [0, 0.1) is 5.92 Å². The van der Waals surface area contributed by atoms with Crippen molar-refractivity contribution in [2.24, 2.45) is 5.92 Å². The maximum atomic E-state index is 9.10. The first-order valence-corrected chi connectivity index (χ1v) is 5.74. The van der Waals surface area contributed by atoms with E-state index in [1.165, 1.54) is 38.9 Å². The lowest BCUT2D eigenvalue weighted by atomic mass is 9.88. The molecule has 0 amide bonds. The summed E-state index contributed by atoms with van der Waals surface area (Å²) in [6, 6.07) is 0. The highest BCUT2D eigenvalue weighted by Crippen LogP contribution is 2.27. The van der Waals surface area contributed by atoms with Gasteiger partial charge in [0.2, 0.25) is 0 Å². The monoisotopic (exact) mass is 245 g/mol. The second kappa shape index (κ2) is 6.56. The van der Waals surface area contributed by atoms with Gasteiger partial charge in [-0.05, 0) is 31.7 Å². The lowest BCUT2D eigenvalue weighted by molar-refractivity contribution is -0.159. The van der Waals surface area contributed by atoms with E-state index >= 15 is 0 Å². The number of hydrogen-bond acceptors (Lipinski definition) is 4. The van der Waals surface area contributed by atoms with Crippen LogP contribution in [0.3, 0.4) is 0 Å². The van der Waals surface area contributed by atoms with E-state index in [0.29, 0.717) is 6.10 Å². The lowest BCUT2D eigenvalue weighted by Gasteiger charge is -2.41. The molecule has 2 fully saturated rings. The highest BCUT2D eigenvalue weighted by Gasteiger charge is 2.29. The number of carbonyl (C=O) groups is 2. The predicted octanol–water partition coefficient (Wildman–Crippen LogP) is 0.273. The maximum Gasteiger partial charge on any atom is 0.414 e. The van der Waals surface area contributed by atoms with Crippen LogP contribution in [0.15, 0.2) is 0 Å². The van der Waals surface area contributed by atoms with Crippen molar-refractivity contribution in [2.75, 3.05) is 26.7 Å². The van der Waals surface area contributed by atoms with Crippen LogP contribution in [0.4, 0.5) is 0 Å². The van der Waals surface area contributed by atoms with Gasteiger partial charge in [0.25, 0.3) is 0 Å². The number of aliphatic carboxylic acids is 2. The Morgan fingerprint density at radius 1 is 1.24 bits per heavy atom. The number of piperidine rings is 2. The number of carboxylic acid groups (broad SMARTS) is 2. The molecular weight excluding hydrogens is 226 g/mol. The average Bonchev–Trinajstić information content (AvgIpc) is 2.29. The SMILES string of the molecule is COC1CC2CCCN(C2)C1.O=C(O)C(=O)O. The van der Waals surface area contributed by atoms with Crippen LogP contribution in [-0.2, 0) is 14.3 Å². The number of fused-ring (bicyclic) bond motifs is 2. The Hall–Kier alpha value is -1.14. The van der Waals surface area contributed by atoms with Gasteiger partial charge in [0.05, 0.1) is 6.10 Å². The molecule has 2 N–H and O–H groups in total. The summed E-state index contributed by atoms with van der Waals surface area (Å²) in [6.45, 7) is 3.81. The molecular formula is C11H19NO5. The van der Waals surface area contributed by atoms with Crippen LogP contribution < -0.4 is 0 Å². The molecule has 2 bridgehead atoms. The van der Waals surface area contributed by atoms with Crippen LogP contribution >= 0.6 is 0 Å². The third-order valence-electron chi connectivity index (χ3n) is 3.18. The molecule has 0 spiro atoms. The summed E-state index contributed by atoms with van der Waals surface area (Å²) in [7, 11) is 1.84. The van der Waals surface area contributed by atoms with E-state index in [0.717, 1.165) is 5.92 Å². The van der Waals surface area contributed by atoms with Crippen LogP contribution in [0.25, 0.3) is 0 Å². The minimum absolute atomic E-state index is 0.522. The quantitative estimate of drug-likeness (QED) is 0.645. The van der Waals surface area contributed by atoms with E-state index in [1.54, 1.807) is 0 Å². The van der Waals surface area contributed by atoms with E-state index in [4.69, 9.17) is 24.5 Å². The molecule has 0 radical (unpaired) electrons. The van der Waals surface area contributed by atoms with Crippen LogP contribution in [-0.4, -0.2) is 59.9 Å². The molecule has 0 aromatic carbocycles. The van der Waals surface area contributed by atoms with Crippen LogP contribution in [0.1, 0.15) is 19.3 Å². The van der Waals surface area contributed by atoms with Gasteiger partial charge < -0.3 is 19.8 Å². The minimum atomic E-state index is -1.82. The third-order valence-corrected chi connectivity index (χ3v) is 3.18. The number of rotatable bonds is 1. The topological polar surface area (TPSA) is 87.1 Å². The van der Waals surface area contributed by atoms with Crippen molar-refractivity contribution >= 4 is 11.9 Å². The Balaban J connectivity index is 0.000000209. The molecule has 17 heavy (non-hydrogen) atoms. The number of hydrogen-bond donors (Lipinski definition) is 2. The van der Waals surface area contributed by atoms with Gasteiger partial charge in [-0.3, -0.25) is 0 Å². The van der Waals surface area contributed by atoms with Crippen LogP contribution in [0.2, 0.25) is 0 Å². The van der Waals surface area contributed by atoms with Crippen molar-refractivity contribution in [2.45, 2.75) is 25.4 Å². The zero-order valence-corrected chi connectivity index (χ0v) is 9.96. The normalized spacial score (nSPS) is 31.0. The minimum Gasteiger partial charge on any atom is -0.473 e. The number of methoxy groups -OCH3 is 1. The fourth-order valence-corrected chi connectivity index (χ4v) is 2.41. The fourth-order valence-electron chi connectivity index (χ4n) is 2.41. The Labute approximate surface area is 100 Å². The van der Waals surface area contributed by atoms with Gasteiger partial charge in [0.15, 0.2) is 0 Å². The Bertz CT molecular complexity index is 257. The summed E-state index contributed by atoms with van der Waals surface area (Å²) in [5.74, 6) is -2.72. The molecule has 3 unspecified atom stereocenters. The molecule has 2 aliphatic rings. The predicted molar refractivity (Wildman–Crippen MR) is 59.8 cm³/mol. The van der Waals surface area contributed by atoms with Gasteiger partial charge in [-0.25, -0.2) is 9.59 Å². The number of ether oxygens (including phenoxy) is 1. The molecule has 2 rings (SSSR count). The van der Waals surface area contributed by atoms with Crippen molar-refractivity contribution in [1.29, 1.82) is 0 Å². The maximum absolute atomic E-state index is 9.10. The first kappa shape index (κ1) is 13.9. The average molecular weight is 245 g/mol. The standard InChI is InChI=1S/C9H17NO.C2H2O4/c1-11-9-5-8-3-2-4-10(6-8)7-9;3-1(4)2(5)6/h8-9H,2-7H2,1H3;(H,3,4)(H,5,6). The van der Waals surface area contributed by atoms with Gasteiger partial charge >= 0.3 is 11.9 Å². The molecule has 0 saturated carbocycles. The summed E-state index contributed by atoms with van der Waals surface area (Å²) >= 11 is 0.